The molecule has 0 heterocycles. The molecule has 0 saturated heterocycles. The Kier molecular flexibility index (Phi) is 2.06. The Morgan fingerprint density at radius 2 is 2.27 bits per heavy atom. The summed E-state index contributed by atoms with van der Waals surface area (Å²) in [7, 11) is 0. The van der Waals surface area contributed by atoms with Crippen LogP contribution in [0.1, 0.15) is 6.42 Å². The van der Waals surface area contributed by atoms with Crippen molar-refractivity contribution in [3.63, 3.8) is 0 Å². The summed E-state index contributed by atoms with van der Waals surface area (Å²) in [6, 6.07) is 0. The molecule has 11 heavy (non-hydrogen) atoms. The van der Waals surface area contributed by atoms with Crippen molar-refractivity contribution < 1.29 is 10.0 Å². The van der Waals surface area contributed by atoms with Gasteiger partial charge in [-0.15, -0.1) is 0 Å². The molecule has 0 radical (unpaired) electrons. The number of rotatable bonds is 1. The summed E-state index contributed by atoms with van der Waals surface area (Å²) in [6.07, 6.45) is 5.85. The van der Waals surface area contributed by atoms with Crippen LogP contribution in [-0.2, 0) is 0 Å². The number of allylic oxidation sites excluding steroid dienone is 4. The van der Waals surface area contributed by atoms with Gasteiger partial charge in [-0.25, -0.2) is 0 Å². The molecule has 0 aromatic heterocycles. The largest absolute Gasteiger partial charge is 0.508 e. The highest BCUT2D eigenvalue weighted by atomic mass is 16.6. The fraction of sp³-hybridized carbons (Fsp3) is 0.143. The van der Waals surface area contributed by atoms with Crippen LogP contribution in [-0.4, -0.2) is 10.0 Å². The minimum Gasteiger partial charge on any atom is -0.508 e. The van der Waals surface area contributed by atoms with Gasteiger partial charge in [-0.3, -0.25) is 10.1 Å². The highest BCUT2D eigenvalue weighted by Crippen LogP contribution is 2.09. The van der Waals surface area contributed by atoms with E-state index in [0.29, 0.717) is 0 Å². The SMILES string of the molecule is O=[N+]([O-])C1=CC=C(O)C=CC1. The molecule has 0 saturated carbocycles. The summed E-state index contributed by atoms with van der Waals surface area (Å²) < 4.78 is 0. The van der Waals surface area contributed by atoms with E-state index in [1.165, 1.54) is 18.2 Å². The molecule has 4 heteroatoms. The molecule has 4 nitrogen and oxygen atoms in total. The number of hydrogen-bond donors (Lipinski definition) is 1. The first-order valence-corrected chi connectivity index (χ1v) is 3.11. The molecule has 0 aromatic rings. The van der Waals surface area contributed by atoms with E-state index in [4.69, 9.17) is 5.11 Å². The smallest absolute Gasteiger partial charge is 0.250 e. The summed E-state index contributed by atoms with van der Waals surface area (Å²) in [5.41, 5.74) is 0.0882. The van der Waals surface area contributed by atoms with Gasteiger partial charge in [0, 0.05) is 6.08 Å². The molecule has 0 aromatic carbocycles. The molecule has 0 bridgehead atoms. The lowest BCUT2D eigenvalue weighted by Gasteiger charge is -1.88. The first-order chi connectivity index (χ1) is 5.20. The molecular weight excluding hydrogens is 146 g/mol. The normalized spacial score (nSPS) is 16.7. The minimum absolute atomic E-state index is 0.0434. The lowest BCUT2D eigenvalue weighted by atomic mass is 10.3. The molecule has 0 aliphatic heterocycles. The summed E-state index contributed by atoms with van der Waals surface area (Å²) in [4.78, 5) is 9.75. The Hall–Kier alpha value is -1.58. The fourth-order valence-corrected chi connectivity index (χ4v) is 0.741. The molecule has 0 fully saturated rings. The van der Waals surface area contributed by atoms with Gasteiger partial charge < -0.3 is 5.11 Å². The summed E-state index contributed by atoms with van der Waals surface area (Å²) in [5, 5.41) is 19.1. The third kappa shape index (κ3) is 1.93. The van der Waals surface area contributed by atoms with E-state index >= 15 is 0 Å². The van der Waals surface area contributed by atoms with Crippen molar-refractivity contribution >= 4 is 0 Å². The quantitative estimate of drug-likeness (QED) is 0.459. The van der Waals surface area contributed by atoms with Crippen molar-refractivity contribution in [2.24, 2.45) is 0 Å². The minimum atomic E-state index is -0.459. The first kappa shape index (κ1) is 7.53. The Balaban J connectivity index is 2.86. The van der Waals surface area contributed by atoms with E-state index in [0.717, 1.165) is 0 Å². The van der Waals surface area contributed by atoms with Crippen LogP contribution in [0.4, 0.5) is 0 Å². The van der Waals surface area contributed by atoms with Crippen LogP contribution in [0.2, 0.25) is 0 Å². The summed E-state index contributed by atoms with van der Waals surface area (Å²) >= 11 is 0. The van der Waals surface area contributed by atoms with E-state index in [1.54, 1.807) is 6.08 Å². The molecule has 1 N–H and O–H groups in total. The predicted octanol–water partition coefficient (Wildman–Crippen LogP) is 1.55. The predicted molar refractivity (Wildman–Crippen MR) is 39.5 cm³/mol. The van der Waals surface area contributed by atoms with Crippen LogP contribution >= 0.6 is 0 Å². The molecule has 1 aliphatic rings. The van der Waals surface area contributed by atoms with Gasteiger partial charge in [-0.1, -0.05) is 6.08 Å². The average Bonchev–Trinajstić information content (AvgIpc) is 2.13. The van der Waals surface area contributed by atoms with Gasteiger partial charge in [0.1, 0.15) is 5.76 Å². The molecule has 0 unspecified atom stereocenters. The van der Waals surface area contributed by atoms with Gasteiger partial charge in [-0.2, -0.15) is 0 Å². The van der Waals surface area contributed by atoms with Crippen LogP contribution in [0, 0.1) is 10.1 Å². The number of aliphatic hydroxyl groups is 1. The third-order valence-electron chi connectivity index (χ3n) is 1.30. The number of aliphatic hydroxyl groups excluding tert-OH is 1. The van der Waals surface area contributed by atoms with Crippen molar-refractivity contribution in [3.05, 3.63) is 45.9 Å². The van der Waals surface area contributed by atoms with Gasteiger partial charge in [0.05, 0.1) is 11.3 Å². The summed E-state index contributed by atoms with van der Waals surface area (Å²) in [5.74, 6) is 0.0434. The lowest BCUT2D eigenvalue weighted by molar-refractivity contribution is -0.426. The van der Waals surface area contributed by atoms with Crippen molar-refractivity contribution in [2.75, 3.05) is 0 Å². The average molecular weight is 153 g/mol. The van der Waals surface area contributed by atoms with Crippen LogP contribution < -0.4 is 0 Å². The maximum Gasteiger partial charge on any atom is 0.250 e. The molecule has 58 valence electrons. The van der Waals surface area contributed by atoms with Crippen LogP contribution in [0.25, 0.3) is 0 Å². The van der Waals surface area contributed by atoms with E-state index in [-0.39, 0.29) is 17.9 Å². The summed E-state index contributed by atoms with van der Waals surface area (Å²) in [6.45, 7) is 0. The van der Waals surface area contributed by atoms with E-state index in [9.17, 15) is 10.1 Å². The van der Waals surface area contributed by atoms with E-state index in [1.807, 2.05) is 0 Å². The Bertz CT molecular complexity index is 263. The van der Waals surface area contributed by atoms with Crippen molar-refractivity contribution in [1.82, 2.24) is 0 Å². The standard InChI is InChI=1S/C7H7NO3/c9-7-3-1-2-6(4-5-7)8(10)11/h1,3-5,9H,2H2. The van der Waals surface area contributed by atoms with Crippen LogP contribution in [0.15, 0.2) is 35.8 Å². The van der Waals surface area contributed by atoms with E-state index in [2.05, 4.69) is 0 Å². The van der Waals surface area contributed by atoms with Crippen molar-refractivity contribution in [2.45, 2.75) is 6.42 Å². The topological polar surface area (TPSA) is 63.4 Å². The maximum atomic E-state index is 10.2. The van der Waals surface area contributed by atoms with Gasteiger partial charge in [-0.05, 0) is 12.2 Å². The molecular formula is C7H7NO3. The monoisotopic (exact) mass is 153 g/mol. The van der Waals surface area contributed by atoms with Crippen LogP contribution in [0.5, 0.6) is 0 Å². The fourth-order valence-electron chi connectivity index (χ4n) is 0.741. The zero-order valence-corrected chi connectivity index (χ0v) is 5.73. The van der Waals surface area contributed by atoms with Crippen molar-refractivity contribution in [3.8, 4) is 0 Å². The number of nitrogens with zero attached hydrogens (tertiary/aromatic N) is 1. The maximum absolute atomic E-state index is 10.2. The molecule has 0 amide bonds. The molecule has 1 rings (SSSR count). The Labute approximate surface area is 63.3 Å². The van der Waals surface area contributed by atoms with Gasteiger partial charge >= 0.3 is 0 Å². The molecule has 0 atom stereocenters. The number of nitro groups is 1. The first-order valence-electron chi connectivity index (χ1n) is 3.11. The zero-order valence-electron chi connectivity index (χ0n) is 5.73. The zero-order chi connectivity index (χ0) is 8.27. The van der Waals surface area contributed by atoms with Gasteiger partial charge in [0.25, 0.3) is 0 Å². The highest BCUT2D eigenvalue weighted by molar-refractivity contribution is 5.23. The molecule has 1 aliphatic carbocycles. The third-order valence-corrected chi connectivity index (χ3v) is 1.30. The molecule has 0 spiro atoms. The van der Waals surface area contributed by atoms with E-state index < -0.39 is 4.92 Å². The number of hydrogen-bond acceptors (Lipinski definition) is 3. The van der Waals surface area contributed by atoms with Crippen molar-refractivity contribution in [1.29, 1.82) is 0 Å². The Morgan fingerprint density at radius 3 is 2.91 bits per heavy atom. The second-order valence-electron chi connectivity index (χ2n) is 2.11. The van der Waals surface area contributed by atoms with Gasteiger partial charge in [0.15, 0.2) is 0 Å². The second-order valence-corrected chi connectivity index (χ2v) is 2.11. The van der Waals surface area contributed by atoms with Crippen LogP contribution in [0.3, 0.4) is 0 Å². The second kappa shape index (κ2) is 3.01. The van der Waals surface area contributed by atoms with Gasteiger partial charge in [0.2, 0.25) is 5.70 Å². The lowest BCUT2D eigenvalue weighted by Crippen LogP contribution is -1.95. The highest BCUT2D eigenvalue weighted by Gasteiger charge is 2.08. The Morgan fingerprint density at radius 1 is 1.55 bits per heavy atom.